The molecule has 0 amide bonds. The van der Waals surface area contributed by atoms with E-state index in [9.17, 15) is 13.2 Å². The lowest BCUT2D eigenvalue weighted by Gasteiger charge is -2.22. The van der Waals surface area contributed by atoms with Gasteiger partial charge in [-0.25, -0.2) is 9.97 Å². The van der Waals surface area contributed by atoms with E-state index in [2.05, 4.69) is 25.9 Å². The largest absolute Gasteiger partial charge is 0.406 e. The topological polar surface area (TPSA) is 49.2 Å². The normalized spacial score (nSPS) is 11.6. The lowest BCUT2D eigenvalue weighted by molar-refractivity contribution is -0.120. The van der Waals surface area contributed by atoms with Crippen LogP contribution in [0.15, 0.2) is 16.9 Å². The quantitative estimate of drug-likeness (QED) is 0.917. The third kappa shape index (κ3) is 4.31. The molecule has 16 heavy (non-hydrogen) atoms. The molecule has 1 rings (SSSR count). The fourth-order valence-corrected chi connectivity index (χ4v) is 1.26. The molecule has 0 unspecified atom stereocenters. The average molecular weight is 300 g/mol. The van der Waals surface area contributed by atoms with Crippen LogP contribution >= 0.6 is 15.9 Å². The van der Waals surface area contributed by atoms with Crippen LogP contribution in [0.1, 0.15) is 0 Å². The predicted molar refractivity (Wildman–Crippen MR) is 55.1 cm³/mol. The number of aromatic nitrogens is 2. The van der Waals surface area contributed by atoms with Crippen LogP contribution in [0.2, 0.25) is 0 Å². The SMILES string of the molecule is OCCN(CC(F)(F)F)c1ncc(Br)cn1. The summed E-state index contributed by atoms with van der Waals surface area (Å²) in [5, 5.41) is 8.68. The predicted octanol–water partition coefficient (Wildman–Crippen LogP) is 1.60. The zero-order valence-electron chi connectivity index (χ0n) is 8.08. The highest BCUT2D eigenvalue weighted by Crippen LogP contribution is 2.19. The molecule has 4 nitrogen and oxygen atoms in total. The van der Waals surface area contributed by atoms with Gasteiger partial charge in [-0.3, -0.25) is 0 Å². The van der Waals surface area contributed by atoms with E-state index in [4.69, 9.17) is 5.11 Å². The molecule has 8 heteroatoms. The van der Waals surface area contributed by atoms with Crippen molar-refractivity contribution in [2.45, 2.75) is 6.18 Å². The van der Waals surface area contributed by atoms with Crippen molar-refractivity contribution >= 4 is 21.9 Å². The van der Waals surface area contributed by atoms with Crippen LogP contribution in [-0.2, 0) is 0 Å². The second kappa shape index (κ2) is 5.44. The molecule has 0 radical (unpaired) electrons. The lowest BCUT2D eigenvalue weighted by atomic mass is 10.5. The number of hydrogen-bond acceptors (Lipinski definition) is 4. The van der Waals surface area contributed by atoms with Crippen LogP contribution in [0.3, 0.4) is 0 Å². The monoisotopic (exact) mass is 299 g/mol. The van der Waals surface area contributed by atoms with Gasteiger partial charge in [0.25, 0.3) is 0 Å². The summed E-state index contributed by atoms with van der Waals surface area (Å²) in [7, 11) is 0. The van der Waals surface area contributed by atoms with Crippen molar-refractivity contribution in [1.82, 2.24) is 9.97 Å². The minimum atomic E-state index is -4.36. The zero-order chi connectivity index (χ0) is 12.2. The Balaban J connectivity index is 2.80. The molecular weight excluding hydrogens is 291 g/mol. The van der Waals surface area contributed by atoms with Gasteiger partial charge in [0.1, 0.15) is 6.54 Å². The Labute approximate surface area is 98.2 Å². The van der Waals surface area contributed by atoms with Crippen molar-refractivity contribution < 1.29 is 18.3 Å². The third-order valence-electron chi connectivity index (χ3n) is 1.63. The molecule has 1 aromatic heterocycles. The molecule has 0 aliphatic rings. The van der Waals surface area contributed by atoms with Gasteiger partial charge in [-0.2, -0.15) is 13.2 Å². The Morgan fingerprint density at radius 2 is 1.88 bits per heavy atom. The summed E-state index contributed by atoms with van der Waals surface area (Å²) in [6.07, 6.45) is -1.65. The highest BCUT2D eigenvalue weighted by atomic mass is 79.9. The Morgan fingerprint density at radius 1 is 1.31 bits per heavy atom. The van der Waals surface area contributed by atoms with Crippen molar-refractivity contribution in [1.29, 1.82) is 0 Å². The van der Waals surface area contributed by atoms with Gasteiger partial charge in [-0.15, -0.1) is 0 Å². The zero-order valence-corrected chi connectivity index (χ0v) is 9.66. The van der Waals surface area contributed by atoms with E-state index >= 15 is 0 Å². The third-order valence-corrected chi connectivity index (χ3v) is 2.04. The van der Waals surface area contributed by atoms with E-state index in [1.54, 1.807) is 0 Å². The Morgan fingerprint density at radius 3 is 2.31 bits per heavy atom. The van der Waals surface area contributed by atoms with Gasteiger partial charge in [0.2, 0.25) is 5.95 Å². The van der Waals surface area contributed by atoms with Gasteiger partial charge in [0.05, 0.1) is 11.1 Å². The minimum Gasteiger partial charge on any atom is -0.395 e. The molecule has 1 heterocycles. The second-order valence-electron chi connectivity index (χ2n) is 2.96. The average Bonchev–Trinajstić information content (AvgIpc) is 2.16. The van der Waals surface area contributed by atoms with Crippen molar-refractivity contribution in [2.75, 3.05) is 24.6 Å². The summed E-state index contributed by atoms with van der Waals surface area (Å²) in [5.41, 5.74) is 0. The van der Waals surface area contributed by atoms with E-state index in [1.807, 2.05) is 0 Å². The summed E-state index contributed by atoms with van der Waals surface area (Å²) in [4.78, 5) is 8.34. The molecule has 0 spiro atoms. The molecule has 0 aromatic carbocycles. The fraction of sp³-hybridized carbons (Fsp3) is 0.500. The molecule has 0 aliphatic heterocycles. The fourth-order valence-electron chi connectivity index (χ4n) is 1.06. The molecule has 1 aromatic rings. The number of anilines is 1. The number of alkyl halides is 3. The van der Waals surface area contributed by atoms with Crippen LogP contribution < -0.4 is 4.90 Å². The highest BCUT2D eigenvalue weighted by Gasteiger charge is 2.31. The van der Waals surface area contributed by atoms with E-state index in [1.165, 1.54) is 12.4 Å². The van der Waals surface area contributed by atoms with E-state index < -0.39 is 19.3 Å². The first kappa shape index (κ1) is 13.2. The molecule has 0 bridgehead atoms. The van der Waals surface area contributed by atoms with E-state index in [-0.39, 0.29) is 12.5 Å². The smallest absolute Gasteiger partial charge is 0.395 e. The molecular formula is C8H9BrF3N3O. The summed E-state index contributed by atoms with van der Waals surface area (Å²) >= 11 is 3.08. The molecule has 0 aliphatic carbocycles. The van der Waals surface area contributed by atoms with Gasteiger partial charge in [0, 0.05) is 18.9 Å². The van der Waals surface area contributed by atoms with E-state index in [0.29, 0.717) is 4.47 Å². The van der Waals surface area contributed by atoms with Gasteiger partial charge in [-0.05, 0) is 15.9 Å². The molecule has 90 valence electrons. The summed E-state index contributed by atoms with van der Waals surface area (Å²) in [5.74, 6) is -0.0606. The molecule has 0 saturated carbocycles. The standard InChI is InChI=1S/C8H9BrF3N3O/c9-6-3-13-7(14-4-6)15(1-2-16)5-8(10,11)12/h3-4,16H,1-2,5H2. The Hall–Kier alpha value is -0.890. The summed E-state index contributed by atoms with van der Waals surface area (Å²) in [6.45, 7) is -1.74. The van der Waals surface area contributed by atoms with Gasteiger partial charge < -0.3 is 10.0 Å². The lowest BCUT2D eigenvalue weighted by Crippen LogP contribution is -2.37. The number of aliphatic hydroxyl groups excluding tert-OH is 1. The van der Waals surface area contributed by atoms with Crippen LogP contribution in [0, 0.1) is 0 Å². The van der Waals surface area contributed by atoms with Crippen LogP contribution in [0.5, 0.6) is 0 Å². The number of nitrogens with zero attached hydrogens (tertiary/aromatic N) is 3. The van der Waals surface area contributed by atoms with Crippen LogP contribution in [0.4, 0.5) is 19.1 Å². The second-order valence-corrected chi connectivity index (χ2v) is 3.88. The van der Waals surface area contributed by atoms with Crippen LogP contribution in [0.25, 0.3) is 0 Å². The number of halogens is 4. The maximum atomic E-state index is 12.2. The number of hydrogen-bond donors (Lipinski definition) is 1. The maximum absolute atomic E-state index is 12.2. The van der Waals surface area contributed by atoms with Gasteiger partial charge in [0.15, 0.2) is 0 Å². The molecule has 0 saturated heterocycles. The van der Waals surface area contributed by atoms with Crippen molar-refractivity contribution in [3.05, 3.63) is 16.9 Å². The molecule has 0 fully saturated rings. The van der Waals surface area contributed by atoms with Gasteiger partial charge in [-0.1, -0.05) is 0 Å². The van der Waals surface area contributed by atoms with Crippen molar-refractivity contribution in [3.63, 3.8) is 0 Å². The maximum Gasteiger partial charge on any atom is 0.406 e. The first-order chi connectivity index (χ1) is 7.42. The van der Waals surface area contributed by atoms with Crippen LogP contribution in [-0.4, -0.2) is 40.9 Å². The highest BCUT2D eigenvalue weighted by molar-refractivity contribution is 9.10. The van der Waals surface area contributed by atoms with Crippen molar-refractivity contribution in [3.8, 4) is 0 Å². The first-order valence-corrected chi connectivity index (χ1v) is 5.12. The van der Waals surface area contributed by atoms with Gasteiger partial charge >= 0.3 is 6.18 Å². The summed E-state index contributed by atoms with van der Waals surface area (Å²) < 4.78 is 37.2. The Bertz CT molecular complexity index is 330. The molecule has 0 atom stereocenters. The minimum absolute atomic E-state index is 0.0606. The first-order valence-electron chi connectivity index (χ1n) is 4.32. The Kier molecular flexibility index (Phi) is 4.48. The number of aliphatic hydroxyl groups is 1. The van der Waals surface area contributed by atoms with Crippen molar-refractivity contribution in [2.24, 2.45) is 0 Å². The summed E-state index contributed by atoms with van der Waals surface area (Å²) in [6, 6.07) is 0. The molecule has 1 N–H and O–H groups in total. The van der Waals surface area contributed by atoms with E-state index in [0.717, 1.165) is 4.90 Å². The number of rotatable bonds is 4.